The van der Waals surface area contributed by atoms with Crippen LogP contribution in [0.15, 0.2) is 17.4 Å². The molecule has 1 atom stereocenters. The highest BCUT2D eigenvalue weighted by Crippen LogP contribution is 2.12. The van der Waals surface area contributed by atoms with Crippen LogP contribution in [-0.4, -0.2) is 5.71 Å². The van der Waals surface area contributed by atoms with Gasteiger partial charge in [0.05, 0.1) is 0 Å². The number of rotatable bonds is 0. The Morgan fingerprint density at radius 3 is 2.62 bits per heavy atom. The predicted molar refractivity (Wildman–Crippen MR) is 36.7 cm³/mol. The Morgan fingerprint density at radius 1 is 1.88 bits per heavy atom. The van der Waals surface area contributed by atoms with E-state index in [9.17, 15) is 0 Å². The van der Waals surface area contributed by atoms with Crippen LogP contribution in [0.5, 0.6) is 0 Å². The number of allylic oxidation sites excluding steroid dienone is 1. The summed E-state index contributed by atoms with van der Waals surface area (Å²) >= 11 is 0. The van der Waals surface area contributed by atoms with Crippen LogP contribution in [0, 0.1) is 5.92 Å². The van der Waals surface area contributed by atoms with E-state index in [2.05, 4.69) is 24.0 Å². The van der Waals surface area contributed by atoms with Crippen molar-refractivity contribution in [3.05, 3.63) is 12.3 Å². The van der Waals surface area contributed by atoms with Crippen molar-refractivity contribution in [3.8, 4) is 0 Å². The highest BCUT2D eigenvalue weighted by molar-refractivity contribution is 5.87. The van der Waals surface area contributed by atoms with Gasteiger partial charge in [-0.1, -0.05) is 13.5 Å². The lowest BCUT2D eigenvalue weighted by Gasteiger charge is -1.99. The average Bonchev–Trinajstić information content (AvgIpc) is 1.98. The lowest BCUT2D eigenvalue weighted by molar-refractivity contribution is 0.838. The standard InChI is InChI=1S/C6H10N2.H2/c1-4-5(2)7-8-6(4)3;/h4,7H,2H2,1,3H3;1H. The minimum absolute atomic E-state index is 0. The molecule has 0 fully saturated rings. The molecular weight excluding hydrogens is 100 g/mol. The average molecular weight is 112 g/mol. The molecule has 8 heavy (non-hydrogen) atoms. The van der Waals surface area contributed by atoms with E-state index >= 15 is 0 Å². The van der Waals surface area contributed by atoms with Gasteiger partial charge >= 0.3 is 0 Å². The first-order valence-corrected chi connectivity index (χ1v) is 2.71. The predicted octanol–water partition coefficient (Wildman–Crippen LogP) is 1.36. The molecule has 1 rings (SSSR count). The molecule has 46 valence electrons. The van der Waals surface area contributed by atoms with E-state index in [1.807, 2.05) is 6.92 Å². The van der Waals surface area contributed by atoms with E-state index in [4.69, 9.17) is 0 Å². The molecular formula is C6H12N2. The molecule has 0 amide bonds. The Kier molecular flexibility index (Phi) is 1.08. The van der Waals surface area contributed by atoms with Crippen LogP contribution in [0.1, 0.15) is 15.3 Å². The number of hydrogen-bond donors (Lipinski definition) is 1. The molecule has 0 saturated carbocycles. The topological polar surface area (TPSA) is 24.4 Å². The third kappa shape index (κ3) is 0.619. The number of nitrogens with zero attached hydrogens (tertiary/aromatic N) is 1. The maximum absolute atomic E-state index is 3.97. The van der Waals surface area contributed by atoms with E-state index in [1.165, 1.54) is 0 Å². The summed E-state index contributed by atoms with van der Waals surface area (Å²) in [5.74, 6) is 0.426. The molecule has 0 aromatic heterocycles. The highest BCUT2D eigenvalue weighted by Gasteiger charge is 2.14. The van der Waals surface area contributed by atoms with Gasteiger partial charge in [-0.2, -0.15) is 5.10 Å². The quantitative estimate of drug-likeness (QED) is 0.502. The normalized spacial score (nSPS) is 27.5. The van der Waals surface area contributed by atoms with Crippen LogP contribution in [-0.2, 0) is 0 Å². The zero-order chi connectivity index (χ0) is 6.15. The Bertz CT molecular complexity index is 151. The lowest BCUT2D eigenvalue weighted by Crippen LogP contribution is -2.04. The fourth-order valence-corrected chi connectivity index (χ4v) is 0.606. The van der Waals surface area contributed by atoms with Gasteiger partial charge in [0.25, 0.3) is 0 Å². The highest BCUT2D eigenvalue weighted by atomic mass is 15.3. The maximum Gasteiger partial charge on any atom is 0.0438 e. The number of hydrazone groups is 1. The van der Waals surface area contributed by atoms with Gasteiger partial charge in [-0.15, -0.1) is 0 Å². The zero-order valence-electron chi connectivity index (χ0n) is 5.23. The molecule has 1 unspecified atom stereocenters. The summed E-state index contributed by atoms with van der Waals surface area (Å²) in [5.41, 5.74) is 4.94. The lowest BCUT2D eigenvalue weighted by atomic mass is 10.1. The van der Waals surface area contributed by atoms with Gasteiger partial charge in [0.2, 0.25) is 0 Å². The molecule has 0 aromatic carbocycles. The molecule has 0 aromatic rings. The van der Waals surface area contributed by atoms with Crippen molar-refractivity contribution < 1.29 is 1.43 Å². The van der Waals surface area contributed by atoms with Crippen LogP contribution in [0.2, 0.25) is 0 Å². The van der Waals surface area contributed by atoms with E-state index in [0.717, 1.165) is 11.4 Å². The number of nitrogens with one attached hydrogen (secondary N) is 1. The van der Waals surface area contributed by atoms with E-state index < -0.39 is 0 Å². The fourth-order valence-electron chi connectivity index (χ4n) is 0.606. The van der Waals surface area contributed by atoms with Gasteiger partial charge in [-0.3, -0.25) is 5.43 Å². The summed E-state index contributed by atoms with van der Waals surface area (Å²) in [4.78, 5) is 0. The molecule has 1 aliphatic rings. The Labute approximate surface area is 50.8 Å². The van der Waals surface area contributed by atoms with Gasteiger partial charge in [0.15, 0.2) is 0 Å². The van der Waals surface area contributed by atoms with Crippen molar-refractivity contribution >= 4 is 5.71 Å². The van der Waals surface area contributed by atoms with Gasteiger partial charge in [0.1, 0.15) is 0 Å². The maximum atomic E-state index is 3.97. The minimum atomic E-state index is 0. The molecule has 0 aliphatic carbocycles. The molecule has 0 bridgehead atoms. The second-order valence-corrected chi connectivity index (χ2v) is 2.11. The van der Waals surface area contributed by atoms with Crippen molar-refractivity contribution in [1.82, 2.24) is 5.43 Å². The van der Waals surface area contributed by atoms with Gasteiger partial charge in [-0.25, -0.2) is 0 Å². The summed E-state index contributed by atoms with van der Waals surface area (Å²) in [6.45, 7) is 7.84. The molecule has 2 heteroatoms. The fraction of sp³-hybridized carbons (Fsp3) is 0.500. The first kappa shape index (κ1) is 5.35. The zero-order valence-corrected chi connectivity index (χ0v) is 5.23. The Hall–Kier alpha value is -0.790. The smallest absolute Gasteiger partial charge is 0.0438 e. The summed E-state index contributed by atoms with van der Waals surface area (Å²) in [6, 6.07) is 0. The monoisotopic (exact) mass is 112 g/mol. The van der Waals surface area contributed by atoms with Crippen LogP contribution in [0.3, 0.4) is 0 Å². The summed E-state index contributed by atoms with van der Waals surface area (Å²) in [6.07, 6.45) is 0. The SMILES string of the molecule is C=C1NN=C(C)C1C.[HH]. The first-order chi connectivity index (χ1) is 3.72. The second-order valence-electron chi connectivity index (χ2n) is 2.11. The Balaban J connectivity index is 0.000000640. The van der Waals surface area contributed by atoms with E-state index in [0.29, 0.717) is 5.92 Å². The molecule has 2 nitrogen and oxygen atoms in total. The molecule has 0 saturated heterocycles. The van der Waals surface area contributed by atoms with Crippen molar-refractivity contribution in [3.63, 3.8) is 0 Å². The molecule has 0 radical (unpaired) electrons. The van der Waals surface area contributed by atoms with Gasteiger partial charge in [-0.05, 0) is 6.92 Å². The number of hydrogen-bond acceptors (Lipinski definition) is 2. The third-order valence-electron chi connectivity index (χ3n) is 1.53. The van der Waals surface area contributed by atoms with Crippen molar-refractivity contribution in [2.24, 2.45) is 11.0 Å². The largest absolute Gasteiger partial charge is 0.283 e. The van der Waals surface area contributed by atoms with Crippen molar-refractivity contribution in [2.45, 2.75) is 13.8 Å². The molecule has 1 N–H and O–H groups in total. The third-order valence-corrected chi connectivity index (χ3v) is 1.53. The van der Waals surface area contributed by atoms with Crippen molar-refractivity contribution in [1.29, 1.82) is 0 Å². The summed E-state index contributed by atoms with van der Waals surface area (Å²) in [5, 5.41) is 3.97. The summed E-state index contributed by atoms with van der Waals surface area (Å²) in [7, 11) is 0. The van der Waals surface area contributed by atoms with Crippen LogP contribution in [0.25, 0.3) is 0 Å². The Morgan fingerprint density at radius 2 is 2.50 bits per heavy atom. The van der Waals surface area contributed by atoms with Gasteiger partial charge < -0.3 is 0 Å². The van der Waals surface area contributed by atoms with Crippen LogP contribution in [0.4, 0.5) is 0 Å². The summed E-state index contributed by atoms with van der Waals surface area (Å²) < 4.78 is 0. The van der Waals surface area contributed by atoms with Gasteiger partial charge in [0, 0.05) is 18.8 Å². The van der Waals surface area contributed by atoms with E-state index in [1.54, 1.807) is 0 Å². The molecule has 0 spiro atoms. The van der Waals surface area contributed by atoms with E-state index in [-0.39, 0.29) is 1.43 Å². The first-order valence-electron chi connectivity index (χ1n) is 2.71. The minimum Gasteiger partial charge on any atom is -0.283 e. The van der Waals surface area contributed by atoms with Crippen molar-refractivity contribution in [2.75, 3.05) is 0 Å². The van der Waals surface area contributed by atoms with Crippen LogP contribution < -0.4 is 5.43 Å². The van der Waals surface area contributed by atoms with Crippen LogP contribution >= 0.6 is 0 Å². The molecule has 1 heterocycles. The second kappa shape index (κ2) is 1.62. The molecule has 1 aliphatic heterocycles.